The van der Waals surface area contributed by atoms with Gasteiger partial charge in [-0.3, -0.25) is 4.79 Å². The van der Waals surface area contributed by atoms with Gasteiger partial charge < -0.3 is 19.5 Å². The Bertz CT molecular complexity index is 840. The average Bonchev–Trinajstić information content (AvgIpc) is 2.71. The highest BCUT2D eigenvalue weighted by atomic mass is 35.5. The summed E-state index contributed by atoms with van der Waals surface area (Å²) in [5.41, 5.74) is 1.10. The molecule has 0 saturated heterocycles. The van der Waals surface area contributed by atoms with Gasteiger partial charge in [-0.2, -0.15) is 0 Å². The van der Waals surface area contributed by atoms with E-state index in [0.29, 0.717) is 16.5 Å². The lowest BCUT2D eigenvalue weighted by molar-refractivity contribution is -0.124. The fourth-order valence-electron chi connectivity index (χ4n) is 2.72. The molecule has 1 atom stereocenters. The molecule has 0 radical (unpaired) electrons. The SMILES string of the molecule is CCC[C@H](C)NC(=O)COC(=O)c1ccc(OCc2ccccc2Cl)c(OC)c1. The van der Waals surface area contributed by atoms with E-state index in [1.165, 1.54) is 13.2 Å². The van der Waals surface area contributed by atoms with Gasteiger partial charge in [0.05, 0.1) is 12.7 Å². The first kappa shape index (κ1) is 22.6. The molecular formula is C22H26ClNO5. The normalized spacial score (nSPS) is 11.4. The molecule has 0 aliphatic rings. The Morgan fingerprint density at radius 1 is 1.14 bits per heavy atom. The number of benzene rings is 2. The molecule has 29 heavy (non-hydrogen) atoms. The van der Waals surface area contributed by atoms with Gasteiger partial charge in [0, 0.05) is 16.6 Å². The number of rotatable bonds is 10. The molecule has 0 fully saturated rings. The number of amides is 1. The van der Waals surface area contributed by atoms with Crippen LogP contribution in [0.5, 0.6) is 11.5 Å². The van der Waals surface area contributed by atoms with Crippen molar-refractivity contribution in [3.8, 4) is 11.5 Å². The van der Waals surface area contributed by atoms with E-state index in [0.717, 1.165) is 18.4 Å². The minimum absolute atomic E-state index is 0.0425. The fourth-order valence-corrected chi connectivity index (χ4v) is 2.91. The minimum Gasteiger partial charge on any atom is -0.493 e. The standard InChI is InChI=1S/C22H26ClNO5/c1-4-7-15(2)24-21(25)14-29-22(26)16-10-11-19(20(12-16)27-3)28-13-17-8-5-6-9-18(17)23/h5-6,8-12,15H,4,7,13-14H2,1-3H3,(H,24,25)/t15-/m0/s1. The van der Waals surface area contributed by atoms with Gasteiger partial charge in [0.15, 0.2) is 18.1 Å². The lowest BCUT2D eigenvalue weighted by Crippen LogP contribution is -2.35. The Hall–Kier alpha value is -2.73. The minimum atomic E-state index is -0.612. The van der Waals surface area contributed by atoms with Gasteiger partial charge in [-0.1, -0.05) is 43.1 Å². The largest absolute Gasteiger partial charge is 0.493 e. The Labute approximate surface area is 176 Å². The predicted octanol–water partition coefficient (Wildman–Crippen LogP) is 4.39. The second kappa shape index (κ2) is 11.3. The quantitative estimate of drug-likeness (QED) is 0.578. The molecule has 1 amide bonds. The highest BCUT2D eigenvalue weighted by molar-refractivity contribution is 6.31. The van der Waals surface area contributed by atoms with Crippen LogP contribution in [0, 0.1) is 0 Å². The summed E-state index contributed by atoms with van der Waals surface area (Å²) in [6, 6.07) is 12.1. The summed E-state index contributed by atoms with van der Waals surface area (Å²) >= 11 is 6.14. The van der Waals surface area contributed by atoms with E-state index in [2.05, 4.69) is 5.32 Å². The van der Waals surface area contributed by atoms with Crippen molar-refractivity contribution in [2.24, 2.45) is 0 Å². The van der Waals surface area contributed by atoms with Gasteiger partial charge in [0.1, 0.15) is 6.61 Å². The highest BCUT2D eigenvalue weighted by Gasteiger charge is 2.15. The Morgan fingerprint density at radius 2 is 1.90 bits per heavy atom. The van der Waals surface area contributed by atoms with Crippen molar-refractivity contribution in [3.05, 3.63) is 58.6 Å². The molecule has 2 rings (SSSR count). The zero-order chi connectivity index (χ0) is 21.2. The first-order chi connectivity index (χ1) is 13.9. The first-order valence-electron chi connectivity index (χ1n) is 9.45. The molecular weight excluding hydrogens is 394 g/mol. The van der Waals surface area contributed by atoms with Crippen molar-refractivity contribution < 1.29 is 23.8 Å². The predicted molar refractivity (Wildman–Crippen MR) is 112 cm³/mol. The number of hydrogen-bond donors (Lipinski definition) is 1. The Balaban J connectivity index is 1.95. The Kier molecular flexibility index (Phi) is 8.80. The summed E-state index contributed by atoms with van der Waals surface area (Å²) in [4.78, 5) is 24.1. The summed E-state index contributed by atoms with van der Waals surface area (Å²) in [5, 5.41) is 3.39. The van der Waals surface area contributed by atoms with Crippen LogP contribution in [-0.2, 0) is 16.1 Å². The van der Waals surface area contributed by atoms with Crippen LogP contribution >= 0.6 is 11.6 Å². The van der Waals surface area contributed by atoms with E-state index < -0.39 is 5.97 Å². The van der Waals surface area contributed by atoms with Crippen molar-refractivity contribution in [2.75, 3.05) is 13.7 Å². The van der Waals surface area contributed by atoms with Crippen molar-refractivity contribution >= 4 is 23.5 Å². The van der Waals surface area contributed by atoms with E-state index in [4.69, 9.17) is 25.8 Å². The van der Waals surface area contributed by atoms with Crippen molar-refractivity contribution in [1.82, 2.24) is 5.32 Å². The van der Waals surface area contributed by atoms with Gasteiger partial charge in [0.2, 0.25) is 0 Å². The van der Waals surface area contributed by atoms with E-state index >= 15 is 0 Å². The second-order valence-corrected chi connectivity index (χ2v) is 6.99. The summed E-state index contributed by atoms with van der Waals surface area (Å²) in [6.07, 6.45) is 1.83. The molecule has 0 saturated carbocycles. The number of carbonyl (C=O) groups is 2. The van der Waals surface area contributed by atoms with E-state index in [-0.39, 0.29) is 30.7 Å². The number of hydrogen-bond acceptors (Lipinski definition) is 5. The monoisotopic (exact) mass is 419 g/mol. The second-order valence-electron chi connectivity index (χ2n) is 6.58. The maximum Gasteiger partial charge on any atom is 0.338 e. The zero-order valence-electron chi connectivity index (χ0n) is 16.9. The summed E-state index contributed by atoms with van der Waals surface area (Å²) < 4.78 is 16.2. The smallest absolute Gasteiger partial charge is 0.338 e. The molecule has 2 aromatic rings. The van der Waals surface area contributed by atoms with E-state index in [9.17, 15) is 9.59 Å². The molecule has 0 aliphatic heterocycles. The number of methoxy groups -OCH3 is 1. The summed E-state index contributed by atoms with van der Waals surface area (Å²) in [6.45, 7) is 3.88. The van der Waals surface area contributed by atoms with Crippen LogP contribution in [0.1, 0.15) is 42.6 Å². The third kappa shape index (κ3) is 6.98. The van der Waals surface area contributed by atoms with Crippen LogP contribution in [-0.4, -0.2) is 31.6 Å². The van der Waals surface area contributed by atoms with Crippen molar-refractivity contribution in [2.45, 2.75) is 39.3 Å². The molecule has 0 spiro atoms. The van der Waals surface area contributed by atoms with Crippen LogP contribution in [0.15, 0.2) is 42.5 Å². The lowest BCUT2D eigenvalue weighted by atomic mass is 10.2. The average molecular weight is 420 g/mol. The van der Waals surface area contributed by atoms with Gasteiger partial charge in [-0.25, -0.2) is 4.79 Å². The molecule has 0 heterocycles. The summed E-state index contributed by atoms with van der Waals surface area (Å²) in [5.74, 6) is -0.0900. The number of halogens is 1. The zero-order valence-corrected chi connectivity index (χ0v) is 17.6. The van der Waals surface area contributed by atoms with Crippen LogP contribution in [0.2, 0.25) is 5.02 Å². The van der Waals surface area contributed by atoms with Gasteiger partial charge in [-0.15, -0.1) is 0 Å². The molecule has 156 valence electrons. The van der Waals surface area contributed by atoms with Gasteiger partial charge in [0.25, 0.3) is 5.91 Å². The van der Waals surface area contributed by atoms with Crippen molar-refractivity contribution in [3.63, 3.8) is 0 Å². The third-order valence-electron chi connectivity index (χ3n) is 4.20. The maximum atomic E-state index is 12.2. The molecule has 2 aromatic carbocycles. The number of carbonyl (C=O) groups excluding carboxylic acids is 2. The molecule has 1 N–H and O–H groups in total. The first-order valence-corrected chi connectivity index (χ1v) is 9.83. The molecule has 6 nitrogen and oxygen atoms in total. The van der Waals surface area contributed by atoms with Crippen LogP contribution < -0.4 is 14.8 Å². The topological polar surface area (TPSA) is 73.9 Å². The number of esters is 1. The summed E-state index contributed by atoms with van der Waals surface area (Å²) in [7, 11) is 1.48. The molecule has 0 unspecified atom stereocenters. The van der Waals surface area contributed by atoms with Crippen LogP contribution in [0.25, 0.3) is 0 Å². The van der Waals surface area contributed by atoms with Gasteiger partial charge in [-0.05, 0) is 37.6 Å². The fraction of sp³-hybridized carbons (Fsp3) is 0.364. The highest BCUT2D eigenvalue weighted by Crippen LogP contribution is 2.29. The van der Waals surface area contributed by atoms with E-state index in [1.807, 2.05) is 32.0 Å². The molecule has 0 aliphatic carbocycles. The lowest BCUT2D eigenvalue weighted by Gasteiger charge is -2.14. The maximum absolute atomic E-state index is 12.2. The molecule has 0 bridgehead atoms. The molecule has 7 heteroatoms. The van der Waals surface area contributed by atoms with Crippen molar-refractivity contribution in [1.29, 1.82) is 0 Å². The number of ether oxygens (including phenoxy) is 3. The van der Waals surface area contributed by atoms with Crippen LogP contribution in [0.4, 0.5) is 0 Å². The third-order valence-corrected chi connectivity index (χ3v) is 4.57. The van der Waals surface area contributed by atoms with Gasteiger partial charge >= 0.3 is 5.97 Å². The number of nitrogens with one attached hydrogen (secondary N) is 1. The van der Waals surface area contributed by atoms with Crippen LogP contribution in [0.3, 0.4) is 0 Å². The van der Waals surface area contributed by atoms with E-state index in [1.54, 1.807) is 18.2 Å². The molecule has 0 aromatic heterocycles. The Morgan fingerprint density at radius 3 is 2.59 bits per heavy atom.